The maximum absolute atomic E-state index is 13.5. The molecule has 4 aromatic rings. The van der Waals surface area contributed by atoms with Crippen LogP contribution in [0.3, 0.4) is 0 Å². The van der Waals surface area contributed by atoms with Crippen LogP contribution in [0.15, 0.2) is 59.1 Å². The highest BCUT2D eigenvalue weighted by atomic mass is 32.2. The van der Waals surface area contributed by atoms with Gasteiger partial charge in [0.1, 0.15) is 0 Å². The molecule has 3 heterocycles. The molecule has 1 fully saturated rings. The lowest BCUT2D eigenvalue weighted by molar-refractivity contribution is -0.143. The fraction of sp³-hybridized carbons (Fsp3) is 0.292. The molecule has 0 spiro atoms. The van der Waals surface area contributed by atoms with Gasteiger partial charge in [-0.1, -0.05) is 0 Å². The monoisotopic (exact) mass is 496 g/mol. The SMILES string of the molecule is C[C@@H]1CC(S(=O)(=O)c2ccc3ncc(Nc4ccc5scnc5c4)cc3c2)[C@H](C(=O)O)CN1C. The van der Waals surface area contributed by atoms with Crippen molar-refractivity contribution in [2.24, 2.45) is 5.92 Å². The minimum atomic E-state index is -3.86. The number of carbonyl (C=O) groups is 1. The molecule has 2 aromatic heterocycles. The van der Waals surface area contributed by atoms with E-state index in [1.807, 2.05) is 43.1 Å². The van der Waals surface area contributed by atoms with Gasteiger partial charge < -0.3 is 15.3 Å². The van der Waals surface area contributed by atoms with E-state index in [2.05, 4.69) is 15.3 Å². The quantitative estimate of drug-likeness (QED) is 0.424. The zero-order chi connectivity index (χ0) is 24.0. The van der Waals surface area contributed by atoms with Gasteiger partial charge in [0.05, 0.1) is 49.2 Å². The minimum Gasteiger partial charge on any atom is -0.481 e. The van der Waals surface area contributed by atoms with E-state index in [0.717, 1.165) is 15.9 Å². The molecule has 0 radical (unpaired) electrons. The lowest BCUT2D eigenvalue weighted by Crippen LogP contribution is -2.51. The molecule has 1 aliphatic heterocycles. The number of sulfone groups is 1. The van der Waals surface area contributed by atoms with Crippen molar-refractivity contribution in [3.8, 4) is 0 Å². The molecule has 176 valence electrons. The summed E-state index contributed by atoms with van der Waals surface area (Å²) < 4.78 is 28.2. The van der Waals surface area contributed by atoms with Gasteiger partial charge in [0.2, 0.25) is 0 Å². The van der Waals surface area contributed by atoms with E-state index in [0.29, 0.717) is 16.6 Å². The van der Waals surface area contributed by atoms with Crippen molar-refractivity contribution >= 4 is 59.6 Å². The number of thiazole rings is 1. The van der Waals surface area contributed by atoms with Gasteiger partial charge in [-0.2, -0.15) is 0 Å². The van der Waals surface area contributed by atoms with Crippen molar-refractivity contribution in [3.05, 3.63) is 54.2 Å². The Hall–Kier alpha value is -3.08. The van der Waals surface area contributed by atoms with Crippen LogP contribution in [0, 0.1) is 5.92 Å². The Kier molecular flexibility index (Phi) is 5.75. The molecule has 34 heavy (non-hydrogen) atoms. The lowest BCUT2D eigenvalue weighted by Gasteiger charge is -2.38. The predicted octanol–water partition coefficient (Wildman–Crippen LogP) is 4.16. The fourth-order valence-corrected chi connectivity index (χ4v) is 7.22. The molecular weight excluding hydrogens is 472 g/mol. The Morgan fingerprint density at radius 1 is 1.12 bits per heavy atom. The number of rotatable bonds is 5. The van der Waals surface area contributed by atoms with Gasteiger partial charge in [-0.25, -0.2) is 13.4 Å². The molecule has 1 unspecified atom stereocenters. The zero-order valence-electron chi connectivity index (χ0n) is 18.7. The summed E-state index contributed by atoms with van der Waals surface area (Å²) in [6, 6.07) is 12.5. The number of benzene rings is 2. The number of anilines is 2. The first-order chi connectivity index (χ1) is 16.2. The number of hydrogen-bond donors (Lipinski definition) is 2. The molecule has 1 aliphatic rings. The third-order valence-electron chi connectivity index (χ3n) is 6.58. The average molecular weight is 497 g/mol. The first-order valence-electron chi connectivity index (χ1n) is 10.9. The third-order valence-corrected chi connectivity index (χ3v) is 9.61. The Bertz CT molecular complexity index is 1500. The molecule has 3 atom stereocenters. The van der Waals surface area contributed by atoms with Gasteiger partial charge >= 0.3 is 5.97 Å². The molecule has 0 amide bonds. The van der Waals surface area contributed by atoms with Crippen molar-refractivity contribution in [1.82, 2.24) is 14.9 Å². The molecule has 10 heteroatoms. The summed E-state index contributed by atoms with van der Waals surface area (Å²) in [6.45, 7) is 2.12. The molecule has 0 aliphatic carbocycles. The normalized spacial score (nSPS) is 21.6. The van der Waals surface area contributed by atoms with Crippen LogP contribution in [-0.4, -0.2) is 59.2 Å². The summed E-state index contributed by atoms with van der Waals surface area (Å²) in [5.41, 5.74) is 4.93. The molecule has 0 saturated carbocycles. The van der Waals surface area contributed by atoms with E-state index in [1.54, 1.807) is 35.2 Å². The molecular formula is C24H24N4O4S2. The van der Waals surface area contributed by atoms with E-state index in [9.17, 15) is 18.3 Å². The minimum absolute atomic E-state index is 0.0247. The predicted molar refractivity (Wildman–Crippen MR) is 133 cm³/mol. The molecule has 5 rings (SSSR count). The van der Waals surface area contributed by atoms with Crippen LogP contribution in [0.25, 0.3) is 21.1 Å². The number of fused-ring (bicyclic) bond motifs is 2. The molecule has 8 nitrogen and oxygen atoms in total. The smallest absolute Gasteiger partial charge is 0.309 e. The first kappa shape index (κ1) is 22.7. The van der Waals surface area contributed by atoms with Gasteiger partial charge in [0.25, 0.3) is 0 Å². The number of nitrogens with one attached hydrogen (secondary N) is 1. The Morgan fingerprint density at radius 3 is 2.74 bits per heavy atom. The average Bonchev–Trinajstić information content (AvgIpc) is 3.28. The van der Waals surface area contributed by atoms with Gasteiger partial charge in [-0.3, -0.25) is 9.78 Å². The number of nitrogens with zero attached hydrogens (tertiary/aromatic N) is 3. The number of carboxylic acids is 1. The molecule has 2 N–H and O–H groups in total. The molecule has 1 saturated heterocycles. The van der Waals surface area contributed by atoms with Crippen LogP contribution in [-0.2, 0) is 14.6 Å². The van der Waals surface area contributed by atoms with Crippen molar-refractivity contribution in [2.75, 3.05) is 18.9 Å². The second-order valence-electron chi connectivity index (χ2n) is 8.79. The number of carboxylic acid groups (broad SMARTS) is 1. The Labute approximate surface area is 201 Å². The maximum atomic E-state index is 13.5. The first-order valence-corrected chi connectivity index (χ1v) is 13.3. The Morgan fingerprint density at radius 2 is 1.94 bits per heavy atom. The number of aliphatic carboxylic acids is 1. The van der Waals surface area contributed by atoms with Gasteiger partial charge in [-0.15, -0.1) is 11.3 Å². The molecule has 0 bridgehead atoms. The van der Waals surface area contributed by atoms with E-state index in [4.69, 9.17) is 0 Å². The number of piperidine rings is 1. The van der Waals surface area contributed by atoms with Gasteiger partial charge in [0, 0.05) is 23.7 Å². The topological polar surface area (TPSA) is 112 Å². The van der Waals surface area contributed by atoms with Gasteiger partial charge in [-0.05, 0) is 62.9 Å². The summed E-state index contributed by atoms with van der Waals surface area (Å²) in [5, 5.41) is 12.7. The van der Waals surface area contributed by atoms with Crippen molar-refractivity contribution in [2.45, 2.75) is 29.5 Å². The largest absolute Gasteiger partial charge is 0.481 e. The number of hydrogen-bond acceptors (Lipinski definition) is 8. The maximum Gasteiger partial charge on any atom is 0.309 e. The van der Waals surface area contributed by atoms with Crippen LogP contribution in [0.5, 0.6) is 0 Å². The summed E-state index contributed by atoms with van der Waals surface area (Å²) in [5.74, 6) is -2.06. The second kappa shape index (κ2) is 8.61. The van der Waals surface area contributed by atoms with E-state index in [-0.39, 0.29) is 23.9 Å². The standard InChI is InChI=1S/C24H24N4O4S2/c1-14-7-23(19(24(29)30)12-28(14)2)34(31,32)18-4-5-20-15(9-18)8-17(11-25-20)27-16-3-6-22-21(10-16)26-13-33-22/h3-6,8-11,13-14,19,23,27H,7,12H2,1-2H3,(H,29,30)/t14-,19-,23?/m1/s1. The van der Waals surface area contributed by atoms with E-state index in [1.165, 1.54) is 6.07 Å². The van der Waals surface area contributed by atoms with Crippen LogP contribution < -0.4 is 5.32 Å². The van der Waals surface area contributed by atoms with E-state index < -0.39 is 27.0 Å². The highest BCUT2D eigenvalue weighted by Crippen LogP contribution is 2.33. The van der Waals surface area contributed by atoms with Crippen molar-refractivity contribution in [3.63, 3.8) is 0 Å². The molecule has 2 aromatic carbocycles. The highest BCUT2D eigenvalue weighted by Gasteiger charge is 2.44. The second-order valence-corrected chi connectivity index (χ2v) is 11.8. The van der Waals surface area contributed by atoms with Gasteiger partial charge in [0.15, 0.2) is 9.84 Å². The van der Waals surface area contributed by atoms with Crippen LogP contribution in [0.1, 0.15) is 13.3 Å². The van der Waals surface area contributed by atoms with Crippen LogP contribution in [0.2, 0.25) is 0 Å². The van der Waals surface area contributed by atoms with Crippen molar-refractivity contribution < 1.29 is 18.3 Å². The summed E-state index contributed by atoms with van der Waals surface area (Å²) in [6.07, 6.45) is 1.97. The fourth-order valence-electron chi connectivity index (χ4n) is 4.50. The number of aromatic nitrogens is 2. The highest BCUT2D eigenvalue weighted by molar-refractivity contribution is 7.92. The van der Waals surface area contributed by atoms with E-state index >= 15 is 0 Å². The number of likely N-dealkylation sites (tertiary alicyclic amines) is 1. The van der Waals surface area contributed by atoms with Crippen LogP contribution >= 0.6 is 11.3 Å². The van der Waals surface area contributed by atoms with Crippen molar-refractivity contribution in [1.29, 1.82) is 0 Å². The van der Waals surface area contributed by atoms with Crippen LogP contribution in [0.4, 0.5) is 11.4 Å². The third kappa shape index (κ3) is 4.13. The summed E-state index contributed by atoms with van der Waals surface area (Å²) >= 11 is 1.57. The summed E-state index contributed by atoms with van der Waals surface area (Å²) in [7, 11) is -2.03. The lowest BCUT2D eigenvalue weighted by atomic mass is 9.93. The number of pyridine rings is 1. The summed E-state index contributed by atoms with van der Waals surface area (Å²) in [4.78, 5) is 22.7. The Balaban J connectivity index is 1.48. The zero-order valence-corrected chi connectivity index (χ0v) is 20.3.